The number of rotatable bonds is 5. The lowest BCUT2D eigenvalue weighted by atomic mass is 9.98. The molecule has 0 radical (unpaired) electrons. The van der Waals surface area contributed by atoms with E-state index in [0.29, 0.717) is 4.90 Å². The van der Waals surface area contributed by atoms with E-state index < -0.39 is 54.9 Å². The number of halogens is 2. The Morgan fingerprint density at radius 2 is 1.69 bits per heavy atom. The van der Waals surface area contributed by atoms with E-state index in [1.165, 1.54) is 0 Å². The first kappa shape index (κ1) is 23.2. The number of alkyl halides is 2. The SMILES string of the molecule is O=C(NC1COCC1C(=O)N1CC(F)(F)CC1C(=O)O)OCC1c2ccccc2-c2ccccc21. The Balaban J connectivity index is 1.24. The number of fused-ring (bicyclic) bond motifs is 3. The number of carbonyl (C=O) groups is 3. The molecule has 0 bridgehead atoms. The monoisotopic (exact) mass is 486 g/mol. The maximum atomic E-state index is 13.8. The molecule has 1 aliphatic carbocycles. The van der Waals surface area contributed by atoms with Crippen molar-refractivity contribution in [3.63, 3.8) is 0 Å². The van der Waals surface area contributed by atoms with Gasteiger partial charge in [-0.25, -0.2) is 18.4 Å². The van der Waals surface area contributed by atoms with Crippen LogP contribution in [0.1, 0.15) is 23.5 Å². The highest BCUT2D eigenvalue weighted by Gasteiger charge is 2.52. The smallest absolute Gasteiger partial charge is 0.407 e. The van der Waals surface area contributed by atoms with Gasteiger partial charge in [-0.15, -0.1) is 0 Å². The van der Waals surface area contributed by atoms with Crippen molar-refractivity contribution in [1.29, 1.82) is 0 Å². The first-order valence-corrected chi connectivity index (χ1v) is 11.4. The number of alkyl carbamates (subject to hydrolysis) is 1. The molecule has 2 fully saturated rings. The summed E-state index contributed by atoms with van der Waals surface area (Å²) in [6, 6.07) is 13.3. The zero-order valence-electron chi connectivity index (χ0n) is 18.7. The second kappa shape index (κ2) is 8.92. The van der Waals surface area contributed by atoms with Crippen LogP contribution in [-0.2, 0) is 19.1 Å². The van der Waals surface area contributed by atoms with Gasteiger partial charge in [-0.2, -0.15) is 0 Å². The van der Waals surface area contributed by atoms with Gasteiger partial charge in [0.05, 0.1) is 31.7 Å². The zero-order valence-corrected chi connectivity index (χ0v) is 18.7. The first-order chi connectivity index (χ1) is 16.7. The van der Waals surface area contributed by atoms with Crippen LogP contribution in [0.4, 0.5) is 13.6 Å². The van der Waals surface area contributed by atoms with Crippen molar-refractivity contribution >= 4 is 18.0 Å². The molecule has 3 aliphatic rings. The number of ether oxygens (including phenoxy) is 2. The molecule has 2 saturated heterocycles. The topological polar surface area (TPSA) is 105 Å². The molecule has 184 valence electrons. The van der Waals surface area contributed by atoms with E-state index in [1.54, 1.807) is 0 Å². The Bertz CT molecular complexity index is 1130. The van der Waals surface area contributed by atoms with Crippen molar-refractivity contribution in [2.24, 2.45) is 5.92 Å². The number of hydrogen-bond donors (Lipinski definition) is 2. The van der Waals surface area contributed by atoms with E-state index in [9.17, 15) is 28.3 Å². The van der Waals surface area contributed by atoms with Crippen molar-refractivity contribution in [3.05, 3.63) is 59.7 Å². The summed E-state index contributed by atoms with van der Waals surface area (Å²) in [7, 11) is 0. The molecule has 2 amide bonds. The lowest BCUT2D eigenvalue weighted by molar-refractivity contribution is -0.150. The van der Waals surface area contributed by atoms with Crippen molar-refractivity contribution in [2.75, 3.05) is 26.4 Å². The lowest BCUT2D eigenvalue weighted by Gasteiger charge is -2.26. The molecule has 0 spiro atoms. The maximum absolute atomic E-state index is 13.8. The Morgan fingerprint density at radius 1 is 1.06 bits per heavy atom. The van der Waals surface area contributed by atoms with Crippen LogP contribution < -0.4 is 5.32 Å². The number of hydrogen-bond acceptors (Lipinski definition) is 5. The molecule has 35 heavy (non-hydrogen) atoms. The highest BCUT2D eigenvalue weighted by molar-refractivity contribution is 5.87. The van der Waals surface area contributed by atoms with Crippen LogP contribution >= 0.6 is 0 Å². The highest BCUT2D eigenvalue weighted by Crippen LogP contribution is 2.44. The summed E-state index contributed by atoms with van der Waals surface area (Å²) < 4.78 is 38.5. The van der Waals surface area contributed by atoms with Crippen LogP contribution in [0, 0.1) is 5.92 Å². The van der Waals surface area contributed by atoms with Crippen LogP contribution in [0.3, 0.4) is 0 Å². The third-order valence-electron chi connectivity index (χ3n) is 6.88. The van der Waals surface area contributed by atoms with E-state index >= 15 is 0 Å². The van der Waals surface area contributed by atoms with Crippen molar-refractivity contribution in [2.45, 2.75) is 30.3 Å². The van der Waals surface area contributed by atoms with Gasteiger partial charge in [0.2, 0.25) is 5.91 Å². The lowest BCUT2D eigenvalue weighted by Crippen LogP contribution is -2.50. The number of carboxylic acid groups (broad SMARTS) is 1. The minimum Gasteiger partial charge on any atom is -0.480 e. The molecule has 2 aromatic carbocycles. The van der Waals surface area contributed by atoms with Crippen LogP contribution in [0.25, 0.3) is 11.1 Å². The number of nitrogens with zero attached hydrogens (tertiary/aromatic N) is 1. The van der Waals surface area contributed by atoms with Crippen LogP contribution in [0.15, 0.2) is 48.5 Å². The number of amides is 2. The molecule has 0 saturated carbocycles. The molecule has 5 rings (SSSR count). The average Bonchev–Trinajstić information content (AvgIpc) is 3.51. The van der Waals surface area contributed by atoms with Gasteiger partial charge in [-0.3, -0.25) is 4.79 Å². The number of nitrogens with one attached hydrogen (secondary N) is 1. The first-order valence-electron chi connectivity index (χ1n) is 11.4. The normalized spacial score (nSPS) is 24.6. The fourth-order valence-corrected chi connectivity index (χ4v) is 5.21. The zero-order chi connectivity index (χ0) is 24.7. The summed E-state index contributed by atoms with van der Waals surface area (Å²) in [5.74, 6) is -6.68. The summed E-state index contributed by atoms with van der Waals surface area (Å²) in [4.78, 5) is 37.6. The van der Waals surface area contributed by atoms with Crippen LogP contribution in [-0.4, -0.2) is 72.3 Å². The standard InChI is InChI=1S/C25H24F2N2O6/c26-25(27)9-21(23(31)32)29(13-25)22(30)19-10-34-12-20(19)28-24(33)35-11-18-16-7-3-1-5-14(16)15-6-2-4-8-17(15)18/h1-8,18-21H,9-13H2,(H,28,33)(H,31,32). The molecule has 3 unspecified atom stereocenters. The summed E-state index contributed by atoms with van der Waals surface area (Å²) >= 11 is 0. The van der Waals surface area contributed by atoms with Gasteiger partial charge >= 0.3 is 12.1 Å². The van der Waals surface area contributed by atoms with Crippen molar-refractivity contribution in [3.8, 4) is 11.1 Å². The molecule has 0 aromatic heterocycles. The molecule has 2 aliphatic heterocycles. The number of likely N-dealkylation sites (tertiary alicyclic amines) is 1. The molecule has 8 nitrogen and oxygen atoms in total. The van der Waals surface area contributed by atoms with Crippen molar-refractivity contribution in [1.82, 2.24) is 10.2 Å². The van der Waals surface area contributed by atoms with E-state index in [1.807, 2.05) is 48.5 Å². The summed E-state index contributed by atoms with van der Waals surface area (Å²) in [6.45, 7) is -1.02. The summed E-state index contributed by atoms with van der Waals surface area (Å²) in [5, 5.41) is 11.9. The second-order valence-electron chi connectivity index (χ2n) is 9.10. The fraction of sp³-hybridized carbons (Fsp3) is 0.400. The van der Waals surface area contributed by atoms with E-state index in [-0.39, 0.29) is 25.7 Å². The van der Waals surface area contributed by atoms with Gasteiger partial charge in [0.15, 0.2) is 0 Å². The second-order valence-corrected chi connectivity index (χ2v) is 9.10. The molecule has 10 heteroatoms. The quantitative estimate of drug-likeness (QED) is 0.674. The van der Waals surface area contributed by atoms with Gasteiger partial charge in [0.25, 0.3) is 5.92 Å². The van der Waals surface area contributed by atoms with Gasteiger partial charge < -0.3 is 24.8 Å². The molecule has 2 aromatic rings. The Kier molecular flexibility index (Phi) is 5.92. The van der Waals surface area contributed by atoms with Gasteiger partial charge in [-0.05, 0) is 22.3 Å². The average molecular weight is 486 g/mol. The molecular weight excluding hydrogens is 462 g/mol. The largest absolute Gasteiger partial charge is 0.480 e. The minimum absolute atomic E-state index is 0.0113. The highest BCUT2D eigenvalue weighted by atomic mass is 19.3. The van der Waals surface area contributed by atoms with Crippen LogP contribution in [0.2, 0.25) is 0 Å². The minimum atomic E-state index is -3.28. The Labute approximate surface area is 199 Å². The number of carboxylic acids is 1. The molecule has 3 atom stereocenters. The number of aliphatic carboxylic acids is 1. The summed E-state index contributed by atoms with van der Waals surface area (Å²) in [5.41, 5.74) is 4.27. The van der Waals surface area contributed by atoms with Gasteiger partial charge in [-0.1, -0.05) is 48.5 Å². The van der Waals surface area contributed by atoms with E-state index in [0.717, 1.165) is 22.3 Å². The Morgan fingerprint density at radius 3 is 2.31 bits per heavy atom. The van der Waals surface area contributed by atoms with Gasteiger partial charge in [0.1, 0.15) is 12.6 Å². The molecule has 2 heterocycles. The maximum Gasteiger partial charge on any atom is 0.407 e. The number of carbonyl (C=O) groups excluding carboxylic acids is 2. The third-order valence-corrected chi connectivity index (χ3v) is 6.88. The number of benzene rings is 2. The molecule has 2 N–H and O–H groups in total. The van der Waals surface area contributed by atoms with E-state index in [4.69, 9.17) is 9.47 Å². The third kappa shape index (κ3) is 4.34. The summed E-state index contributed by atoms with van der Waals surface area (Å²) in [6.07, 6.45) is -1.70. The van der Waals surface area contributed by atoms with Crippen molar-refractivity contribution < 1.29 is 37.7 Å². The van der Waals surface area contributed by atoms with E-state index in [2.05, 4.69) is 5.32 Å². The Hall–Kier alpha value is -3.53. The molecular formula is C25H24F2N2O6. The van der Waals surface area contributed by atoms with Crippen LogP contribution in [0.5, 0.6) is 0 Å². The predicted molar refractivity (Wildman–Crippen MR) is 119 cm³/mol. The predicted octanol–water partition coefficient (Wildman–Crippen LogP) is 2.86. The van der Waals surface area contributed by atoms with Gasteiger partial charge in [0, 0.05) is 12.3 Å². The fourth-order valence-electron chi connectivity index (χ4n) is 5.21.